The molecule has 0 aromatic heterocycles. The van der Waals surface area contributed by atoms with Gasteiger partial charge in [-0.25, -0.2) is 4.39 Å². The number of carbonyl (C=O) groups is 1. The number of aliphatic carboxylic acids is 1. The molecule has 1 aromatic rings. The Labute approximate surface area is 113 Å². The number of hydrogen-bond acceptors (Lipinski definition) is 2. The highest BCUT2D eigenvalue weighted by Gasteiger charge is 2.26. The Morgan fingerprint density at radius 3 is 2.89 bits per heavy atom. The second-order valence-electron chi connectivity index (χ2n) is 5.26. The van der Waals surface area contributed by atoms with Crippen LogP contribution in [0.1, 0.15) is 36.8 Å². The molecule has 3 nitrogen and oxygen atoms in total. The van der Waals surface area contributed by atoms with Crippen LogP contribution in [0.2, 0.25) is 0 Å². The molecule has 104 valence electrons. The molecule has 0 aliphatic carbocycles. The molecule has 1 heterocycles. The molecule has 1 saturated heterocycles. The number of carboxylic acid groups (broad SMARTS) is 1. The van der Waals surface area contributed by atoms with Crippen molar-refractivity contribution >= 4 is 5.97 Å². The number of hydrogen-bond donors (Lipinski definition) is 1. The van der Waals surface area contributed by atoms with Crippen LogP contribution < -0.4 is 0 Å². The Balaban J connectivity index is 2.13. The van der Waals surface area contributed by atoms with Gasteiger partial charge >= 0.3 is 5.97 Å². The molecule has 0 bridgehead atoms. The predicted molar refractivity (Wildman–Crippen MR) is 71.4 cm³/mol. The topological polar surface area (TPSA) is 40.5 Å². The van der Waals surface area contributed by atoms with Crippen molar-refractivity contribution in [1.82, 2.24) is 4.90 Å². The van der Waals surface area contributed by atoms with Gasteiger partial charge in [0, 0.05) is 6.54 Å². The summed E-state index contributed by atoms with van der Waals surface area (Å²) in [5, 5.41) is 9.29. The maximum atomic E-state index is 13.5. The van der Waals surface area contributed by atoms with Crippen molar-refractivity contribution in [1.29, 1.82) is 0 Å². The standard InChI is InChI=1S/C15H20FNO2/c1-11-6-7-12(9-13(11)16)10-17-8-4-2-3-5-14(17)15(18)19/h6-7,9,14H,2-5,8,10H2,1H3,(H,18,19). The van der Waals surface area contributed by atoms with Crippen LogP contribution in [0.3, 0.4) is 0 Å². The van der Waals surface area contributed by atoms with Gasteiger partial charge < -0.3 is 5.11 Å². The molecular formula is C15H20FNO2. The number of rotatable bonds is 3. The molecule has 0 spiro atoms. The molecule has 0 radical (unpaired) electrons. The van der Waals surface area contributed by atoms with Gasteiger partial charge in [0.15, 0.2) is 0 Å². The van der Waals surface area contributed by atoms with E-state index in [1.54, 1.807) is 13.0 Å². The molecule has 0 saturated carbocycles. The average Bonchev–Trinajstić information content (AvgIpc) is 2.59. The van der Waals surface area contributed by atoms with Crippen LogP contribution in [0.25, 0.3) is 0 Å². The van der Waals surface area contributed by atoms with Crippen LogP contribution in [0.15, 0.2) is 18.2 Å². The second-order valence-corrected chi connectivity index (χ2v) is 5.26. The van der Waals surface area contributed by atoms with Crippen LogP contribution >= 0.6 is 0 Å². The normalized spacial score (nSPS) is 21.1. The van der Waals surface area contributed by atoms with Crippen molar-refractivity contribution in [3.05, 3.63) is 35.1 Å². The van der Waals surface area contributed by atoms with Crippen LogP contribution in [0, 0.1) is 12.7 Å². The minimum absolute atomic E-state index is 0.223. The fraction of sp³-hybridized carbons (Fsp3) is 0.533. The molecule has 1 unspecified atom stereocenters. The lowest BCUT2D eigenvalue weighted by molar-refractivity contribution is -0.143. The molecule has 19 heavy (non-hydrogen) atoms. The predicted octanol–water partition coefficient (Wildman–Crippen LogP) is 2.96. The zero-order chi connectivity index (χ0) is 13.8. The highest BCUT2D eigenvalue weighted by molar-refractivity contribution is 5.73. The summed E-state index contributed by atoms with van der Waals surface area (Å²) in [7, 11) is 0. The molecule has 1 atom stereocenters. The lowest BCUT2D eigenvalue weighted by Crippen LogP contribution is -2.40. The summed E-state index contributed by atoms with van der Waals surface area (Å²) in [6.45, 7) is 3.01. The van der Waals surface area contributed by atoms with Crippen LogP contribution in [-0.4, -0.2) is 28.6 Å². The number of nitrogens with zero attached hydrogens (tertiary/aromatic N) is 1. The third-order valence-electron chi connectivity index (χ3n) is 3.77. The molecule has 0 amide bonds. The fourth-order valence-electron chi connectivity index (χ4n) is 2.61. The van der Waals surface area contributed by atoms with Crippen LogP contribution in [0.4, 0.5) is 4.39 Å². The lowest BCUT2D eigenvalue weighted by atomic mass is 10.1. The summed E-state index contributed by atoms with van der Waals surface area (Å²) in [5.74, 6) is -0.992. The minimum Gasteiger partial charge on any atom is -0.480 e. The summed E-state index contributed by atoms with van der Waals surface area (Å²) < 4.78 is 13.5. The third-order valence-corrected chi connectivity index (χ3v) is 3.77. The van der Waals surface area contributed by atoms with Crippen molar-refractivity contribution in [3.8, 4) is 0 Å². The quantitative estimate of drug-likeness (QED) is 0.913. The van der Waals surface area contributed by atoms with Gasteiger partial charge in [0.2, 0.25) is 0 Å². The number of benzene rings is 1. The second kappa shape index (κ2) is 6.15. The van der Waals surface area contributed by atoms with E-state index in [9.17, 15) is 14.3 Å². The highest BCUT2D eigenvalue weighted by Crippen LogP contribution is 2.20. The Morgan fingerprint density at radius 1 is 1.42 bits per heavy atom. The van der Waals surface area contributed by atoms with Gasteiger partial charge in [-0.1, -0.05) is 25.0 Å². The van der Waals surface area contributed by atoms with Gasteiger partial charge in [-0.05, 0) is 43.5 Å². The Hall–Kier alpha value is -1.42. The van der Waals surface area contributed by atoms with Crippen molar-refractivity contribution in [2.75, 3.05) is 6.54 Å². The van der Waals surface area contributed by atoms with Gasteiger partial charge in [0.1, 0.15) is 11.9 Å². The van der Waals surface area contributed by atoms with Gasteiger partial charge in [-0.3, -0.25) is 9.69 Å². The van der Waals surface area contributed by atoms with E-state index in [4.69, 9.17) is 0 Å². The summed E-state index contributed by atoms with van der Waals surface area (Å²) in [4.78, 5) is 13.3. The first kappa shape index (κ1) is 14.0. The Bertz CT molecular complexity index is 461. The van der Waals surface area contributed by atoms with E-state index in [1.165, 1.54) is 6.07 Å². The van der Waals surface area contributed by atoms with Crippen molar-refractivity contribution < 1.29 is 14.3 Å². The molecular weight excluding hydrogens is 245 g/mol. The number of halogens is 1. The van der Waals surface area contributed by atoms with Gasteiger partial charge in [0.05, 0.1) is 0 Å². The Morgan fingerprint density at radius 2 is 2.21 bits per heavy atom. The third kappa shape index (κ3) is 3.53. The molecule has 4 heteroatoms. The van der Waals surface area contributed by atoms with E-state index >= 15 is 0 Å². The number of aryl methyl sites for hydroxylation is 1. The maximum absolute atomic E-state index is 13.5. The first-order valence-electron chi connectivity index (χ1n) is 6.80. The van der Waals surface area contributed by atoms with E-state index < -0.39 is 12.0 Å². The molecule has 1 aliphatic heterocycles. The average molecular weight is 265 g/mol. The van der Waals surface area contributed by atoms with Gasteiger partial charge in [-0.2, -0.15) is 0 Å². The van der Waals surface area contributed by atoms with Crippen LogP contribution in [-0.2, 0) is 11.3 Å². The zero-order valence-corrected chi connectivity index (χ0v) is 11.2. The van der Waals surface area contributed by atoms with E-state index in [2.05, 4.69) is 0 Å². The summed E-state index contributed by atoms with van der Waals surface area (Å²) >= 11 is 0. The molecule has 1 fully saturated rings. The van der Waals surface area contributed by atoms with Crippen molar-refractivity contribution in [2.45, 2.75) is 45.2 Å². The minimum atomic E-state index is -0.769. The van der Waals surface area contributed by atoms with Crippen molar-refractivity contribution in [3.63, 3.8) is 0 Å². The summed E-state index contributed by atoms with van der Waals surface area (Å²) in [6.07, 6.45) is 3.72. The largest absolute Gasteiger partial charge is 0.480 e. The van der Waals surface area contributed by atoms with Gasteiger partial charge in [0.25, 0.3) is 0 Å². The SMILES string of the molecule is Cc1ccc(CN2CCCCCC2C(=O)O)cc1F. The smallest absolute Gasteiger partial charge is 0.320 e. The van der Waals surface area contributed by atoms with E-state index in [1.807, 2.05) is 11.0 Å². The first-order chi connectivity index (χ1) is 9.08. The first-order valence-corrected chi connectivity index (χ1v) is 6.80. The molecule has 1 aromatic carbocycles. The monoisotopic (exact) mass is 265 g/mol. The van der Waals surface area contributed by atoms with E-state index in [0.717, 1.165) is 31.4 Å². The van der Waals surface area contributed by atoms with E-state index in [-0.39, 0.29) is 5.82 Å². The van der Waals surface area contributed by atoms with Gasteiger partial charge in [-0.15, -0.1) is 0 Å². The molecule has 1 aliphatic rings. The molecule has 2 rings (SSSR count). The summed E-state index contributed by atoms with van der Waals surface area (Å²) in [6, 6.07) is 4.70. The Kier molecular flexibility index (Phi) is 4.53. The molecule has 1 N–H and O–H groups in total. The summed E-state index contributed by atoms with van der Waals surface area (Å²) in [5.41, 5.74) is 1.46. The maximum Gasteiger partial charge on any atom is 0.320 e. The number of carboxylic acids is 1. The van der Waals surface area contributed by atoms with Crippen LogP contribution in [0.5, 0.6) is 0 Å². The number of likely N-dealkylation sites (tertiary alicyclic amines) is 1. The lowest BCUT2D eigenvalue weighted by Gasteiger charge is -2.26. The fourth-order valence-corrected chi connectivity index (χ4v) is 2.61. The highest BCUT2D eigenvalue weighted by atomic mass is 19.1. The van der Waals surface area contributed by atoms with E-state index in [0.29, 0.717) is 18.5 Å². The van der Waals surface area contributed by atoms with Crippen molar-refractivity contribution in [2.24, 2.45) is 0 Å². The zero-order valence-electron chi connectivity index (χ0n) is 11.2.